The molecule has 3 aromatic carbocycles. The first kappa shape index (κ1) is 23.4. The minimum atomic E-state index is -0.800. The van der Waals surface area contributed by atoms with Gasteiger partial charge in [0.2, 0.25) is 0 Å². The molecular formula is C30H26N2O4S. The summed E-state index contributed by atoms with van der Waals surface area (Å²) in [5.74, 6) is -0.833. The van der Waals surface area contributed by atoms with Crippen LogP contribution >= 0.6 is 11.3 Å². The van der Waals surface area contributed by atoms with Crippen molar-refractivity contribution in [1.82, 2.24) is 4.98 Å². The molecule has 2 aliphatic rings. The van der Waals surface area contributed by atoms with Gasteiger partial charge in [-0.1, -0.05) is 47.2 Å². The molecule has 2 atom stereocenters. The molecule has 0 bridgehead atoms. The monoisotopic (exact) mass is 510 g/mol. The second-order valence-corrected chi connectivity index (χ2v) is 11.0. The van der Waals surface area contributed by atoms with Gasteiger partial charge >= 0.3 is 5.91 Å². The Morgan fingerprint density at radius 3 is 2.54 bits per heavy atom. The third-order valence-corrected chi connectivity index (χ3v) is 8.03. The number of amides is 1. The van der Waals surface area contributed by atoms with Crippen molar-refractivity contribution >= 4 is 44.1 Å². The lowest BCUT2D eigenvalue weighted by Crippen LogP contribution is -2.29. The van der Waals surface area contributed by atoms with Gasteiger partial charge in [0.05, 0.1) is 21.8 Å². The van der Waals surface area contributed by atoms with Crippen LogP contribution < -0.4 is 9.64 Å². The van der Waals surface area contributed by atoms with E-state index in [1.165, 1.54) is 16.2 Å². The highest BCUT2D eigenvalue weighted by atomic mass is 32.1. The van der Waals surface area contributed by atoms with E-state index in [1.807, 2.05) is 70.2 Å². The van der Waals surface area contributed by atoms with Crippen molar-refractivity contribution < 1.29 is 19.4 Å². The van der Waals surface area contributed by atoms with Gasteiger partial charge in [-0.2, -0.15) is 0 Å². The molecule has 1 amide bonds. The smallest absolute Gasteiger partial charge is 0.301 e. The number of fused-ring (bicyclic) bond motifs is 2. The largest absolute Gasteiger partial charge is 0.507 e. The van der Waals surface area contributed by atoms with E-state index in [0.717, 1.165) is 50.2 Å². The number of anilines is 1. The molecule has 0 aliphatic carbocycles. The van der Waals surface area contributed by atoms with Gasteiger partial charge in [0.1, 0.15) is 17.6 Å². The Hall–Kier alpha value is -3.97. The first-order chi connectivity index (χ1) is 17.7. The molecule has 1 aromatic heterocycles. The molecule has 6 nitrogen and oxygen atoms in total. The minimum absolute atomic E-state index is 0.0525. The summed E-state index contributed by atoms with van der Waals surface area (Å²) in [6, 6.07) is 16.3. The maximum absolute atomic E-state index is 13.5. The van der Waals surface area contributed by atoms with Gasteiger partial charge in [0.25, 0.3) is 5.78 Å². The minimum Gasteiger partial charge on any atom is -0.507 e. The van der Waals surface area contributed by atoms with Crippen LogP contribution in [0.3, 0.4) is 0 Å². The average Bonchev–Trinajstić information content (AvgIpc) is 3.52. The van der Waals surface area contributed by atoms with Crippen LogP contribution in [0.1, 0.15) is 46.3 Å². The molecule has 3 heterocycles. The number of rotatable bonds is 3. The summed E-state index contributed by atoms with van der Waals surface area (Å²) < 4.78 is 6.74. The summed E-state index contributed by atoms with van der Waals surface area (Å²) in [6.45, 7) is 7.98. The van der Waals surface area contributed by atoms with Gasteiger partial charge in [-0.15, -0.1) is 0 Å². The van der Waals surface area contributed by atoms with E-state index >= 15 is 0 Å². The second kappa shape index (κ2) is 8.56. The van der Waals surface area contributed by atoms with E-state index < -0.39 is 17.7 Å². The lowest BCUT2D eigenvalue weighted by molar-refractivity contribution is -0.132. The Morgan fingerprint density at radius 2 is 1.78 bits per heavy atom. The average molecular weight is 511 g/mol. The highest BCUT2D eigenvalue weighted by molar-refractivity contribution is 7.22. The number of aliphatic hydroxyl groups is 1. The fourth-order valence-electron chi connectivity index (χ4n) is 5.28. The number of aromatic nitrogens is 1. The number of benzene rings is 3. The summed E-state index contributed by atoms with van der Waals surface area (Å²) in [6.07, 6.45) is 0.771. The number of carbonyl (C=O) groups is 2. The highest BCUT2D eigenvalue weighted by Crippen LogP contribution is 2.45. The predicted molar refractivity (Wildman–Crippen MR) is 145 cm³/mol. The van der Waals surface area contributed by atoms with Crippen LogP contribution in [0.25, 0.3) is 16.0 Å². The Kier molecular flexibility index (Phi) is 5.42. The van der Waals surface area contributed by atoms with Crippen LogP contribution in [-0.2, 0) is 16.0 Å². The molecule has 0 radical (unpaired) electrons. The normalized spacial score (nSPS) is 20.5. The number of ether oxygens (including phenoxy) is 1. The zero-order chi connectivity index (χ0) is 26.0. The maximum atomic E-state index is 13.5. The number of carbonyl (C=O) groups excluding carboxylic acids is 2. The molecule has 0 spiro atoms. The van der Waals surface area contributed by atoms with Crippen molar-refractivity contribution in [2.45, 2.75) is 46.3 Å². The summed E-state index contributed by atoms with van der Waals surface area (Å²) in [5.41, 5.74) is 6.23. The number of aliphatic hydroxyl groups excluding tert-OH is 1. The highest BCUT2D eigenvalue weighted by Gasteiger charge is 2.48. The fourth-order valence-corrected chi connectivity index (χ4v) is 6.45. The van der Waals surface area contributed by atoms with E-state index in [4.69, 9.17) is 9.72 Å². The second-order valence-electron chi connectivity index (χ2n) is 9.96. The molecule has 2 aliphatic heterocycles. The van der Waals surface area contributed by atoms with Crippen molar-refractivity contribution in [3.8, 4) is 5.75 Å². The summed E-state index contributed by atoms with van der Waals surface area (Å²) >= 11 is 1.38. The number of nitrogens with zero attached hydrogens (tertiary/aromatic N) is 2. The number of hydrogen-bond acceptors (Lipinski definition) is 6. The van der Waals surface area contributed by atoms with Crippen molar-refractivity contribution in [2.75, 3.05) is 4.90 Å². The molecule has 0 unspecified atom stereocenters. The van der Waals surface area contributed by atoms with Gasteiger partial charge < -0.3 is 9.84 Å². The maximum Gasteiger partial charge on any atom is 0.301 e. The summed E-state index contributed by atoms with van der Waals surface area (Å²) in [7, 11) is 0. The van der Waals surface area contributed by atoms with Crippen molar-refractivity contribution in [3.05, 3.63) is 93.6 Å². The Morgan fingerprint density at radius 1 is 1.03 bits per heavy atom. The van der Waals surface area contributed by atoms with Crippen LogP contribution in [-0.4, -0.2) is 27.9 Å². The van der Waals surface area contributed by atoms with Crippen molar-refractivity contribution in [3.63, 3.8) is 0 Å². The summed E-state index contributed by atoms with van der Waals surface area (Å²) in [5, 5.41) is 11.9. The molecule has 4 aromatic rings. The summed E-state index contributed by atoms with van der Waals surface area (Å²) in [4.78, 5) is 33.3. The van der Waals surface area contributed by atoms with Crippen LogP contribution in [0.15, 0.2) is 60.2 Å². The molecule has 186 valence electrons. The van der Waals surface area contributed by atoms with Crippen LogP contribution in [0.2, 0.25) is 0 Å². The van der Waals surface area contributed by atoms with Gasteiger partial charge in [0.15, 0.2) is 5.13 Å². The first-order valence-corrected chi connectivity index (χ1v) is 13.1. The number of Topliss-reactive ketones (excluding diaryl/α,β-unsaturated/α-hetero) is 1. The number of hydrogen-bond donors (Lipinski definition) is 1. The molecule has 7 heteroatoms. The molecule has 37 heavy (non-hydrogen) atoms. The third kappa shape index (κ3) is 3.81. The van der Waals surface area contributed by atoms with E-state index in [1.54, 1.807) is 6.07 Å². The topological polar surface area (TPSA) is 79.7 Å². The standard InChI is InChI=1S/C30H26N2O4S/c1-15-5-7-19(8-6-15)26-24(27(33)20-9-10-22-21(14-20)13-18(4)36-22)28(34)29(35)32(26)30-31-25-17(3)11-16(2)12-23(25)37-30/h5-12,14,18,26,33H,13H2,1-4H3/b27-24+/t18-,26+/m1/s1. The van der Waals surface area contributed by atoms with Crippen LogP contribution in [0.5, 0.6) is 5.75 Å². The molecule has 1 fully saturated rings. The van der Waals surface area contributed by atoms with Crippen LogP contribution in [0.4, 0.5) is 5.13 Å². The zero-order valence-electron chi connectivity index (χ0n) is 21.0. The van der Waals surface area contributed by atoms with E-state index in [0.29, 0.717) is 10.7 Å². The molecule has 1 N–H and O–H groups in total. The number of thiazole rings is 1. The van der Waals surface area contributed by atoms with Gasteiger partial charge in [0, 0.05) is 12.0 Å². The lowest BCUT2D eigenvalue weighted by atomic mass is 9.94. The zero-order valence-corrected chi connectivity index (χ0v) is 21.8. The number of aryl methyl sites for hydroxylation is 3. The van der Waals surface area contributed by atoms with Crippen molar-refractivity contribution in [2.24, 2.45) is 0 Å². The van der Waals surface area contributed by atoms with Crippen molar-refractivity contribution in [1.29, 1.82) is 0 Å². The first-order valence-electron chi connectivity index (χ1n) is 12.3. The van der Waals surface area contributed by atoms with E-state index in [2.05, 4.69) is 6.07 Å². The van der Waals surface area contributed by atoms with E-state index in [9.17, 15) is 14.7 Å². The van der Waals surface area contributed by atoms with Crippen LogP contribution in [0, 0.1) is 20.8 Å². The molecule has 6 rings (SSSR count). The van der Waals surface area contributed by atoms with Gasteiger partial charge in [-0.3, -0.25) is 14.5 Å². The Balaban J connectivity index is 1.54. The molecular weight excluding hydrogens is 484 g/mol. The molecule has 0 saturated carbocycles. The molecule has 1 saturated heterocycles. The third-order valence-electron chi connectivity index (χ3n) is 7.03. The SMILES string of the molecule is Cc1ccc([C@H]2/C(=C(\O)c3ccc4c(c3)C[C@@H](C)O4)C(=O)C(=O)N2c2nc3c(C)cc(C)cc3s2)cc1. The van der Waals surface area contributed by atoms with Gasteiger partial charge in [-0.25, -0.2) is 4.98 Å². The number of ketones is 1. The quantitative estimate of drug-likeness (QED) is 0.203. The van der Waals surface area contributed by atoms with Gasteiger partial charge in [-0.05, 0) is 74.2 Å². The lowest BCUT2D eigenvalue weighted by Gasteiger charge is -2.23. The Labute approximate surface area is 218 Å². The fraction of sp³-hybridized carbons (Fsp3) is 0.233. The van der Waals surface area contributed by atoms with E-state index in [-0.39, 0.29) is 17.4 Å². The predicted octanol–water partition coefficient (Wildman–Crippen LogP) is 6.17. The Bertz CT molecular complexity index is 1630.